The van der Waals surface area contributed by atoms with Crippen LogP contribution >= 0.6 is 0 Å². The van der Waals surface area contributed by atoms with Crippen LogP contribution in [0.25, 0.3) is 0 Å². The van der Waals surface area contributed by atoms with Gasteiger partial charge in [0.25, 0.3) is 0 Å². The highest BCUT2D eigenvalue weighted by atomic mass is 16.4. The number of aliphatic hydroxyl groups is 1. The summed E-state index contributed by atoms with van der Waals surface area (Å²) in [7, 11) is 0. The van der Waals surface area contributed by atoms with Gasteiger partial charge in [-0.15, -0.1) is 0 Å². The maximum atomic E-state index is 10.5. The fourth-order valence-electron chi connectivity index (χ4n) is 0.900. The second-order valence-corrected chi connectivity index (χ2v) is 2.71. The second kappa shape index (κ2) is 4.80. The number of nitrogens with one attached hydrogen (secondary N) is 1. The number of anilines is 1. The van der Waals surface area contributed by atoms with Gasteiger partial charge in [-0.3, -0.25) is 4.79 Å². The number of hydrogen-bond donors (Lipinski definition) is 3. The summed E-state index contributed by atoms with van der Waals surface area (Å²) in [6.45, 7) is 0. The molecule has 15 heavy (non-hydrogen) atoms. The SMILES string of the molecule is O=C/C(O)=C/Nc1ccc(C(=O)O)cc1. The van der Waals surface area contributed by atoms with Gasteiger partial charge in [0, 0.05) is 11.9 Å². The Bertz CT molecular complexity index is 394. The van der Waals surface area contributed by atoms with Crippen molar-refractivity contribution in [3.8, 4) is 0 Å². The largest absolute Gasteiger partial charge is 0.504 e. The lowest BCUT2D eigenvalue weighted by atomic mass is 10.2. The number of carboxylic acids is 1. The molecule has 1 rings (SSSR count). The van der Waals surface area contributed by atoms with E-state index in [2.05, 4.69) is 5.32 Å². The maximum Gasteiger partial charge on any atom is 0.335 e. The molecule has 78 valence electrons. The Morgan fingerprint density at radius 1 is 1.20 bits per heavy atom. The Kier molecular flexibility index (Phi) is 3.45. The third kappa shape index (κ3) is 3.15. The van der Waals surface area contributed by atoms with Gasteiger partial charge in [-0.05, 0) is 24.3 Å². The van der Waals surface area contributed by atoms with Crippen LogP contribution in [-0.4, -0.2) is 22.5 Å². The molecule has 0 aliphatic carbocycles. The lowest BCUT2D eigenvalue weighted by molar-refractivity contribution is -0.106. The summed E-state index contributed by atoms with van der Waals surface area (Å²) in [6.07, 6.45) is 1.40. The van der Waals surface area contributed by atoms with Crippen LogP contribution in [0.3, 0.4) is 0 Å². The average Bonchev–Trinajstić information content (AvgIpc) is 2.26. The molecule has 1 aromatic carbocycles. The molecule has 0 aromatic heterocycles. The molecule has 5 nitrogen and oxygen atoms in total. The number of aldehydes is 1. The molecular formula is C10H9NO4. The summed E-state index contributed by atoms with van der Waals surface area (Å²) < 4.78 is 0. The first-order valence-corrected chi connectivity index (χ1v) is 4.07. The van der Waals surface area contributed by atoms with Crippen molar-refractivity contribution >= 4 is 17.9 Å². The molecule has 1 aromatic rings. The second-order valence-electron chi connectivity index (χ2n) is 2.71. The van der Waals surface area contributed by atoms with Gasteiger partial charge in [-0.2, -0.15) is 0 Å². The maximum absolute atomic E-state index is 10.5. The minimum Gasteiger partial charge on any atom is -0.504 e. The van der Waals surface area contributed by atoms with Gasteiger partial charge in [-0.1, -0.05) is 0 Å². The Balaban J connectivity index is 2.73. The highest BCUT2D eigenvalue weighted by molar-refractivity contribution is 5.88. The van der Waals surface area contributed by atoms with Gasteiger partial charge in [-0.25, -0.2) is 4.79 Å². The highest BCUT2D eigenvalue weighted by Crippen LogP contribution is 2.09. The van der Waals surface area contributed by atoms with Crippen molar-refractivity contribution < 1.29 is 19.8 Å². The van der Waals surface area contributed by atoms with Gasteiger partial charge in [0.15, 0.2) is 12.0 Å². The third-order valence-corrected chi connectivity index (χ3v) is 1.64. The zero-order valence-corrected chi connectivity index (χ0v) is 7.68. The van der Waals surface area contributed by atoms with Crippen LogP contribution in [0.15, 0.2) is 36.2 Å². The number of rotatable bonds is 4. The molecule has 0 heterocycles. The minimum absolute atomic E-state index is 0.170. The van der Waals surface area contributed by atoms with Gasteiger partial charge >= 0.3 is 5.97 Å². The number of aliphatic hydroxyl groups excluding tert-OH is 1. The number of benzene rings is 1. The van der Waals surface area contributed by atoms with E-state index in [4.69, 9.17) is 10.2 Å². The van der Waals surface area contributed by atoms with Crippen LogP contribution in [0.5, 0.6) is 0 Å². The van der Waals surface area contributed by atoms with Crippen molar-refractivity contribution in [2.45, 2.75) is 0 Å². The molecule has 0 saturated carbocycles. The molecular weight excluding hydrogens is 198 g/mol. The Labute approximate surface area is 85.7 Å². The third-order valence-electron chi connectivity index (χ3n) is 1.64. The molecule has 0 saturated heterocycles. The van der Waals surface area contributed by atoms with Crippen molar-refractivity contribution in [2.24, 2.45) is 0 Å². The smallest absolute Gasteiger partial charge is 0.335 e. The number of hydrogen-bond acceptors (Lipinski definition) is 4. The summed E-state index contributed by atoms with van der Waals surface area (Å²) >= 11 is 0. The lowest BCUT2D eigenvalue weighted by Crippen LogP contribution is -1.97. The van der Waals surface area contributed by atoms with Gasteiger partial charge in [0.05, 0.1) is 5.56 Å². The van der Waals surface area contributed by atoms with E-state index in [1.807, 2.05) is 0 Å². The normalized spacial score (nSPS) is 10.8. The van der Waals surface area contributed by atoms with Crippen molar-refractivity contribution in [2.75, 3.05) is 5.32 Å². The fourth-order valence-corrected chi connectivity index (χ4v) is 0.900. The lowest BCUT2D eigenvalue weighted by Gasteiger charge is -2.00. The van der Waals surface area contributed by atoms with E-state index in [9.17, 15) is 9.59 Å². The van der Waals surface area contributed by atoms with E-state index < -0.39 is 11.7 Å². The molecule has 0 amide bonds. The minimum atomic E-state index is -1.01. The van der Waals surface area contributed by atoms with Crippen LogP contribution in [-0.2, 0) is 4.79 Å². The van der Waals surface area contributed by atoms with Crippen LogP contribution in [0.1, 0.15) is 10.4 Å². The van der Waals surface area contributed by atoms with Crippen LogP contribution < -0.4 is 5.32 Å². The molecule has 0 aliphatic heterocycles. The summed E-state index contributed by atoms with van der Waals surface area (Å²) in [5, 5.41) is 20.0. The molecule has 0 bridgehead atoms. The highest BCUT2D eigenvalue weighted by Gasteiger charge is 2.00. The van der Waals surface area contributed by atoms with E-state index in [-0.39, 0.29) is 5.56 Å². The van der Waals surface area contributed by atoms with Crippen molar-refractivity contribution in [3.63, 3.8) is 0 Å². The standard InChI is InChI=1S/C10H9NO4/c12-6-9(13)5-11-8-3-1-7(2-4-8)10(14)15/h1-6,11,13H,(H,14,15)/b9-5-. The first-order valence-electron chi connectivity index (χ1n) is 4.07. The molecule has 0 unspecified atom stereocenters. The van der Waals surface area contributed by atoms with Crippen molar-refractivity contribution in [3.05, 3.63) is 41.8 Å². The summed E-state index contributed by atoms with van der Waals surface area (Å²) in [6, 6.07) is 5.88. The average molecular weight is 207 g/mol. The summed E-state index contributed by atoms with van der Waals surface area (Å²) in [5.74, 6) is -1.44. The number of carbonyl (C=O) groups is 2. The fraction of sp³-hybridized carbons (Fsp3) is 0. The Morgan fingerprint density at radius 2 is 1.80 bits per heavy atom. The van der Waals surface area contributed by atoms with Crippen LogP contribution in [0.2, 0.25) is 0 Å². The molecule has 0 spiro atoms. The van der Waals surface area contributed by atoms with Crippen molar-refractivity contribution in [1.29, 1.82) is 0 Å². The first kappa shape index (κ1) is 10.8. The first-order chi connectivity index (χ1) is 7.13. The van der Waals surface area contributed by atoms with Crippen LogP contribution in [0.4, 0.5) is 5.69 Å². The van der Waals surface area contributed by atoms with Gasteiger partial charge in [0.2, 0.25) is 0 Å². The molecule has 5 heteroatoms. The van der Waals surface area contributed by atoms with Gasteiger partial charge < -0.3 is 15.5 Å². The zero-order valence-electron chi connectivity index (χ0n) is 7.68. The van der Waals surface area contributed by atoms with Gasteiger partial charge in [0.1, 0.15) is 0 Å². The molecule has 0 aliphatic rings. The summed E-state index contributed by atoms with van der Waals surface area (Å²) in [4.78, 5) is 20.5. The number of aromatic carboxylic acids is 1. The Morgan fingerprint density at radius 3 is 2.27 bits per heavy atom. The Hall–Kier alpha value is -2.30. The summed E-state index contributed by atoms with van der Waals surface area (Å²) in [5.41, 5.74) is 0.748. The monoisotopic (exact) mass is 207 g/mol. The molecule has 3 N–H and O–H groups in total. The van der Waals surface area contributed by atoms with Crippen molar-refractivity contribution in [1.82, 2.24) is 0 Å². The molecule has 0 fully saturated rings. The number of carboxylic acid groups (broad SMARTS) is 1. The van der Waals surface area contributed by atoms with E-state index in [1.54, 1.807) is 0 Å². The van der Waals surface area contributed by atoms with Crippen LogP contribution in [0, 0.1) is 0 Å². The molecule has 0 radical (unpaired) electrons. The molecule has 0 atom stereocenters. The predicted molar refractivity (Wildman–Crippen MR) is 53.8 cm³/mol. The van der Waals surface area contributed by atoms with E-state index in [1.165, 1.54) is 24.3 Å². The topological polar surface area (TPSA) is 86.6 Å². The number of carbonyl (C=O) groups excluding carboxylic acids is 1. The number of allylic oxidation sites excluding steroid dienone is 1. The van der Waals surface area contributed by atoms with E-state index in [0.717, 1.165) is 6.20 Å². The quantitative estimate of drug-likeness (QED) is 0.394. The zero-order chi connectivity index (χ0) is 11.3. The van der Waals surface area contributed by atoms with E-state index in [0.29, 0.717) is 12.0 Å². The predicted octanol–water partition coefficient (Wildman–Crippen LogP) is 1.40. The van der Waals surface area contributed by atoms with E-state index >= 15 is 0 Å².